The zero-order valence-corrected chi connectivity index (χ0v) is 29.6. The Morgan fingerprint density at radius 1 is 0.979 bits per heavy atom. The molecule has 0 unspecified atom stereocenters. The molecule has 0 atom stereocenters. The number of hydrogen-bond acceptors (Lipinski definition) is 11. The molecule has 2 aliphatic rings. The van der Waals surface area contributed by atoms with Crippen LogP contribution in [0, 0.1) is 0 Å². The first-order valence-corrected chi connectivity index (χ1v) is 18.5. The number of nitrogens with one attached hydrogen (secondary N) is 2. The summed E-state index contributed by atoms with van der Waals surface area (Å²) in [6.45, 7) is 12.1. The van der Waals surface area contributed by atoms with Crippen LogP contribution in [0.15, 0.2) is 59.7 Å². The monoisotopic (exact) mass is 716 g/mol. The normalized spacial score (nSPS) is 16.4. The number of ether oxygens (including phenoxy) is 2. The van der Waals surface area contributed by atoms with Crippen molar-refractivity contribution in [1.29, 1.82) is 0 Å². The van der Waals surface area contributed by atoms with Gasteiger partial charge in [-0.15, -0.1) is 0 Å². The molecule has 2 fully saturated rings. The predicted molar refractivity (Wildman–Crippen MR) is 192 cm³/mol. The van der Waals surface area contributed by atoms with Gasteiger partial charge in [0.05, 0.1) is 53.3 Å². The largest absolute Gasteiger partial charge is 0.494 e. The molecule has 0 saturated carbocycles. The molecule has 0 spiro atoms. The summed E-state index contributed by atoms with van der Waals surface area (Å²) in [6, 6.07) is 8.24. The molecule has 0 amide bonds. The molecule has 244 valence electrons. The van der Waals surface area contributed by atoms with Crippen molar-refractivity contribution >= 4 is 69.0 Å². The molecule has 2 saturated heterocycles. The van der Waals surface area contributed by atoms with Crippen LogP contribution in [-0.2, 0) is 11.8 Å². The molecular weight excluding hydrogens is 679 g/mol. The highest BCUT2D eigenvalue weighted by Gasteiger charge is 2.40. The molecule has 2 N–H and O–H groups in total. The van der Waals surface area contributed by atoms with Crippen molar-refractivity contribution in [3.8, 4) is 16.9 Å². The van der Waals surface area contributed by atoms with Gasteiger partial charge in [-0.25, -0.2) is 4.98 Å². The second-order valence-corrected chi connectivity index (χ2v) is 15.4. The number of halogens is 1. The van der Waals surface area contributed by atoms with Gasteiger partial charge in [0.2, 0.25) is 5.95 Å². The molecule has 0 bridgehead atoms. The Morgan fingerprint density at radius 3 is 2.45 bits per heavy atom. The van der Waals surface area contributed by atoms with E-state index in [0.717, 1.165) is 88.4 Å². The standard InChI is InChI=1S/C33H38BrN10O2P/c1-33(19-46-20-33)44-12-10-43(11-13-44)27-15-28(45-3)26(14-22(27)21-16-38-42(2)18-21)40-32-37-17-23(34)31(41-32)39-25-7-6-24-29(30(25)47(4)5)36-9-8-35-24/h6-9,14-18H,10-13,19-20H2,1-5H3,(H2,37,39,40,41). The maximum atomic E-state index is 5.95. The number of rotatable bonds is 9. The lowest BCUT2D eigenvalue weighted by Gasteiger charge is -2.50. The van der Waals surface area contributed by atoms with Crippen molar-refractivity contribution in [2.24, 2.45) is 7.05 Å². The number of aryl methyl sites for hydroxylation is 1. The third kappa shape index (κ3) is 6.25. The average molecular weight is 718 g/mol. The number of fused-ring (bicyclic) bond motifs is 1. The summed E-state index contributed by atoms with van der Waals surface area (Å²) in [5, 5.41) is 12.6. The van der Waals surface area contributed by atoms with Gasteiger partial charge in [-0.05, 0) is 54.4 Å². The third-order valence-corrected chi connectivity index (χ3v) is 10.8. The first-order chi connectivity index (χ1) is 22.7. The van der Waals surface area contributed by atoms with Crippen LogP contribution in [0.2, 0.25) is 0 Å². The lowest BCUT2D eigenvalue weighted by molar-refractivity contribution is -0.131. The van der Waals surface area contributed by atoms with E-state index in [-0.39, 0.29) is 5.54 Å². The van der Waals surface area contributed by atoms with E-state index < -0.39 is 7.92 Å². The van der Waals surface area contributed by atoms with Gasteiger partial charge in [-0.2, -0.15) is 10.1 Å². The van der Waals surface area contributed by atoms with Gasteiger partial charge in [0.15, 0.2) is 0 Å². The predicted octanol–water partition coefficient (Wildman–Crippen LogP) is 5.36. The number of methoxy groups -OCH3 is 1. The average Bonchev–Trinajstić information content (AvgIpc) is 3.50. The molecule has 7 rings (SSSR count). The molecule has 0 aliphatic carbocycles. The summed E-state index contributed by atoms with van der Waals surface area (Å²) < 4.78 is 14.1. The van der Waals surface area contributed by atoms with Crippen molar-refractivity contribution in [2.75, 3.05) is 75.4 Å². The molecule has 3 aromatic heterocycles. The van der Waals surface area contributed by atoms with Crippen LogP contribution in [-0.4, -0.2) is 100.0 Å². The Labute approximate surface area is 283 Å². The minimum Gasteiger partial charge on any atom is -0.494 e. The first kappa shape index (κ1) is 31.7. The Balaban J connectivity index is 1.20. The smallest absolute Gasteiger partial charge is 0.229 e. The second-order valence-electron chi connectivity index (χ2n) is 12.4. The Bertz CT molecular complexity index is 1920. The Morgan fingerprint density at radius 2 is 1.77 bits per heavy atom. The van der Waals surface area contributed by atoms with Gasteiger partial charge >= 0.3 is 0 Å². The van der Waals surface area contributed by atoms with Crippen molar-refractivity contribution < 1.29 is 9.47 Å². The van der Waals surface area contributed by atoms with Crippen LogP contribution in [0.4, 0.5) is 28.8 Å². The van der Waals surface area contributed by atoms with Gasteiger partial charge in [0.1, 0.15) is 11.6 Å². The SMILES string of the molecule is COc1cc(N2CCN(C3(C)COC3)CC2)c(-c2cnn(C)c2)cc1Nc1ncc(Br)c(Nc2ccc3nccnc3c2P(C)C)n1. The molecule has 47 heavy (non-hydrogen) atoms. The molecular formula is C33H38BrN10O2P. The van der Waals surface area contributed by atoms with Gasteiger partial charge in [-0.3, -0.25) is 19.5 Å². The molecule has 5 heterocycles. The van der Waals surface area contributed by atoms with E-state index in [1.54, 1.807) is 25.7 Å². The molecule has 5 aromatic rings. The topological polar surface area (TPSA) is 118 Å². The van der Waals surface area contributed by atoms with Crippen LogP contribution in [0.25, 0.3) is 22.2 Å². The number of hydrogen-bond donors (Lipinski definition) is 2. The fraction of sp³-hybridized carbons (Fsp3) is 0.364. The van der Waals surface area contributed by atoms with E-state index in [2.05, 4.69) is 88.8 Å². The van der Waals surface area contributed by atoms with E-state index in [4.69, 9.17) is 14.5 Å². The third-order valence-electron chi connectivity index (χ3n) is 8.85. The summed E-state index contributed by atoms with van der Waals surface area (Å²) in [7, 11) is 3.14. The number of nitrogens with zero attached hydrogens (tertiary/aromatic N) is 8. The van der Waals surface area contributed by atoms with Crippen molar-refractivity contribution in [3.63, 3.8) is 0 Å². The van der Waals surface area contributed by atoms with Crippen LogP contribution in [0.1, 0.15) is 6.92 Å². The summed E-state index contributed by atoms with van der Waals surface area (Å²) in [5.74, 6) is 1.77. The number of piperazine rings is 1. The summed E-state index contributed by atoms with van der Waals surface area (Å²) in [4.78, 5) is 23.6. The van der Waals surface area contributed by atoms with E-state index in [9.17, 15) is 0 Å². The maximum absolute atomic E-state index is 5.95. The molecule has 12 nitrogen and oxygen atoms in total. The fourth-order valence-electron chi connectivity index (χ4n) is 6.29. The van der Waals surface area contributed by atoms with E-state index >= 15 is 0 Å². The number of benzene rings is 2. The highest BCUT2D eigenvalue weighted by molar-refractivity contribution is 9.10. The van der Waals surface area contributed by atoms with Gasteiger partial charge < -0.3 is 25.0 Å². The fourth-order valence-corrected chi connectivity index (χ4v) is 7.79. The van der Waals surface area contributed by atoms with Gasteiger partial charge in [0.25, 0.3) is 0 Å². The zero-order valence-electron chi connectivity index (χ0n) is 27.2. The zero-order chi connectivity index (χ0) is 32.7. The summed E-state index contributed by atoms with van der Waals surface area (Å²) >= 11 is 3.65. The summed E-state index contributed by atoms with van der Waals surface area (Å²) in [6.07, 6.45) is 9.14. The highest BCUT2D eigenvalue weighted by atomic mass is 79.9. The van der Waals surface area contributed by atoms with E-state index in [0.29, 0.717) is 17.5 Å². The van der Waals surface area contributed by atoms with Crippen LogP contribution < -0.4 is 25.6 Å². The van der Waals surface area contributed by atoms with Crippen molar-refractivity contribution in [2.45, 2.75) is 12.5 Å². The minimum atomic E-state index is -0.491. The highest BCUT2D eigenvalue weighted by Crippen LogP contribution is 2.41. The van der Waals surface area contributed by atoms with Crippen LogP contribution >= 0.6 is 23.9 Å². The Kier molecular flexibility index (Phi) is 8.73. The van der Waals surface area contributed by atoms with Crippen LogP contribution in [0.5, 0.6) is 5.75 Å². The molecule has 0 radical (unpaired) electrons. The summed E-state index contributed by atoms with van der Waals surface area (Å²) in [5.41, 5.74) is 6.81. The minimum absolute atomic E-state index is 0.141. The quantitative estimate of drug-likeness (QED) is 0.192. The maximum Gasteiger partial charge on any atom is 0.229 e. The second kappa shape index (κ2) is 13.0. The first-order valence-electron chi connectivity index (χ1n) is 15.5. The van der Waals surface area contributed by atoms with Crippen molar-refractivity contribution in [3.05, 3.63) is 59.7 Å². The lowest BCUT2D eigenvalue weighted by Crippen LogP contribution is -2.64. The number of aromatic nitrogens is 6. The van der Waals surface area contributed by atoms with Gasteiger partial charge in [-0.1, -0.05) is 7.92 Å². The van der Waals surface area contributed by atoms with Crippen molar-refractivity contribution in [1.82, 2.24) is 34.6 Å². The van der Waals surface area contributed by atoms with E-state index in [1.807, 2.05) is 36.3 Å². The van der Waals surface area contributed by atoms with E-state index in [1.165, 1.54) is 0 Å². The lowest BCUT2D eigenvalue weighted by atomic mass is 9.96. The molecule has 2 aliphatic heterocycles. The number of anilines is 5. The molecule has 2 aromatic carbocycles. The molecule has 14 heteroatoms. The van der Waals surface area contributed by atoms with Gasteiger partial charge in [0, 0.05) is 91.9 Å². The van der Waals surface area contributed by atoms with Crippen LogP contribution in [0.3, 0.4) is 0 Å². The Hall–Kier alpha value is -3.90.